The third-order valence-corrected chi connectivity index (χ3v) is 6.12. The molecule has 30 heavy (non-hydrogen) atoms. The van der Waals surface area contributed by atoms with Crippen LogP contribution in [0.2, 0.25) is 0 Å². The number of carboxylic acid groups (broad SMARTS) is 1. The Labute approximate surface area is 179 Å². The summed E-state index contributed by atoms with van der Waals surface area (Å²) in [7, 11) is 0. The molecule has 0 fully saturated rings. The van der Waals surface area contributed by atoms with E-state index in [1.807, 2.05) is 12.3 Å². The summed E-state index contributed by atoms with van der Waals surface area (Å²) in [4.78, 5) is 36.1. The van der Waals surface area contributed by atoms with E-state index in [1.54, 1.807) is 19.9 Å². The molecule has 0 saturated carbocycles. The normalized spacial score (nSPS) is 15.3. The maximum Gasteiger partial charge on any atom is 0.339 e. The summed E-state index contributed by atoms with van der Waals surface area (Å²) < 4.78 is 11.4. The molecule has 7 nitrogen and oxygen atoms in total. The highest BCUT2D eigenvalue weighted by Crippen LogP contribution is 2.32. The molecule has 1 aromatic heterocycles. The van der Waals surface area contributed by atoms with E-state index in [0.717, 1.165) is 42.2 Å². The van der Waals surface area contributed by atoms with Gasteiger partial charge in [0.05, 0.1) is 12.0 Å². The Bertz CT molecular complexity index is 1010. The van der Waals surface area contributed by atoms with Gasteiger partial charge in [-0.25, -0.2) is 4.79 Å². The molecule has 162 valence electrons. The number of carboxylic acids is 1. The molecular formula is C22H26NO6S-. The molecule has 1 heterocycles. The number of ether oxygens (including phenoxy) is 1. The Morgan fingerprint density at radius 3 is 2.63 bits per heavy atom. The zero-order valence-corrected chi connectivity index (χ0v) is 18.2. The third-order valence-electron chi connectivity index (χ3n) is 5.47. The van der Waals surface area contributed by atoms with E-state index in [-0.39, 0.29) is 12.0 Å². The Kier molecular flexibility index (Phi) is 7.07. The van der Waals surface area contributed by atoms with Gasteiger partial charge in [0, 0.05) is 16.5 Å². The van der Waals surface area contributed by atoms with Gasteiger partial charge in [0.1, 0.15) is 11.3 Å². The van der Waals surface area contributed by atoms with Crippen molar-refractivity contribution >= 4 is 34.6 Å². The summed E-state index contributed by atoms with van der Waals surface area (Å²) in [6.45, 7) is 3.33. The standard InChI is InChI=1S/C22H27NO6S/c1-12-18(28-13(2)20(24)23-17(21(25)26)10-11-30-3)9-8-15-14-6-4-5-7-16(14)22(27)29-19(12)15/h8-9,13,17H,4-7,10-11H2,1-3H3,(H,23,24)(H,25,26)/p-1/t13-,17+/m1/s1. The van der Waals surface area contributed by atoms with Crippen LogP contribution in [0.15, 0.2) is 21.3 Å². The fourth-order valence-corrected chi connectivity index (χ4v) is 4.24. The fraction of sp³-hybridized carbons (Fsp3) is 0.500. The van der Waals surface area contributed by atoms with E-state index in [2.05, 4.69) is 5.32 Å². The summed E-state index contributed by atoms with van der Waals surface area (Å²) >= 11 is 1.49. The predicted octanol–water partition coefficient (Wildman–Crippen LogP) is 1.74. The molecule has 2 atom stereocenters. The smallest absolute Gasteiger partial charge is 0.339 e. The van der Waals surface area contributed by atoms with Crippen molar-refractivity contribution in [2.24, 2.45) is 0 Å². The van der Waals surface area contributed by atoms with Crippen LogP contribution in [-0.2, 0) is 22.4 Å². The lowest BCUT2D eigenvalue weighted by Gasteiger charge is -2.23. The molecule has 0 radical (unpaired) electrons. The molecular weight excluding hydrogens is 406 g/mol. The van der Waals surface area contributed by atoms with Gasteiger partial charge in [-0.2, -0.15) is 11.8 Å². The highest BCUT2D eigenvalue weighted by molar-refractivity contribution is 7.98. The van der Waals surface area contributed by atoms with Gasteiger partial charge in [0.15, 0.2) is 6.10 Å². The van der Waals surface area contributed by atoms with Gasteiger partial charge >= 0.3 is 5.63 Å². The van der Waals surface area contributed by atoms with E-state index in [1.165, 1.54) is 11.8 Å². The van der Waals surface area contributed by atoms with Gasteiger partial charge in [-0.3, -0.25) is 4.79 Å². The van der Waals surface area contributed by atoms with E-state index in [4.69, 9.17) is 9.15 Å². The summed E-state index contributed by atoms with van der Waals surface area (Å²) in [5, 5.41) is 14.6. The number of thioether (sulfide) groups is 1. The van der Waals surface area contributed by atoms with Crippen molar-refractivity contribution in [1.29, 1.82) is 0 Å². The molecule has 0 saturated heterocycles. The summed E-state index contributed by atoms with van der Waals surface area (Å²) in [6, 6.07) is 2.55. The highest BCUT2D eigenvalue weighted by atomic mass is 32.2. The molecule has 1 aliphatic carbocycles. The summed E-state index contributed by atoms with van der Waals surface area (Å²) in [5.41, 5.74) is 2.59. The van der Waals surface area contributed by atoms with Gasteiger partial charge in [-0.1, -0.05) is 0 Å². The number of aryl methyl sites for hydroxylation is 2. The molecule has 0 unspecified atom stereocenters. The van der Waals surface area contributed by atoms with Crippen LogP contribution in [0.25, 0.3) is 11.0 Å². The number of amides is 1. The van der Waals surface area contributed by atoms with Crippen LogP contribution in [0.1, 0.15) is 42.9 Å². The lowest BCUT2D eigenvalue weighted by atomic mass is 9.90. The SMILES string of the molecule is CSCC[C@H](NC(=O)[C@@H](C)Oc1ccc2c3c(c(=O)oc2c1C)CCCC3)C(=O)[O-]. The molecule has 0 bridgehead atoms. The summed E-state index contributed by atoms with van der Waals surface area (Å²) in [6.07, 6.45) is 4.80. The number of hydrogen-bond acceptors (Lipinski definition) is 7. The first-order chi connectivity index (χ1) is 14.3. The Morgan fingerprint density at radius 2 is 1.97 bits per heavy atom. The first-order valence-corrected chi connectivity index (χ1v) is 11.5. The molecule has 0 aliphatic heterocycles. The number of fused-ring (bicyclic) bond motifs is 3. The van der Waals surface area contributed by atoms with Gasteiger partial charge in [0.25, 0.3) is 5.91 Å². The monoisotopic (exact) mass is 432 g/mol. The van der Waals surface area contributed by atoms with Crippen molar-refractivity contribution in [3.8, 4) is 5.75 Å². The minimum Gasteiger partial charge on any atom is -0.548 e. The second-order valence-corrected chi connectivity index (χ2v) is 8.53. The minimum absolute atomic E-state index is 0.271. The van der Waals surface area contributed by atoms with Crippen LogP contribution in [-0.4, -0.2) is 36.0 Å². The lowest BCUT2D eigenvalue weighted by Crippen LogP contribution is -2.51. The van der Waals surface area contributed by atoms with Crippen LogP contribution in [0.3, 0.4) is 0 Å². The second-order valence-electron chi connectivity index (χ2n) is 7.54. The van der Waals surface area contributed by atoms with Crippen molar-refractivity contribution in [2.75, 3.05) is 12.0 Å². The molecule has 1 N–H and O–H groups in total. The maximum atomic E-state index is 12.4. The van der Waals surface area contributed by atoms with E-state index in [0.29, 0.717) is 22.6 Å². The van der Waals surface area contributed by atoms with Crippen LogP contribution in [0.4, 0.5) is 0 Å². The van der Waals surface area contributed by atoms with Crippen molar-refractivity contribution in [2.45, 2.75) is 58.1 Å². The molecule has 1 aromatic carbocycles. The van der Waals surface area contributed by atoms with Gasteiger partial charge in [-0.15, -0.1) is 0 Å². The highest BCUT2D eigenvalue weighted by Gasteiger charge is 2.23. The van der Waals surface area contributed by atoms with Crippen LogP contribution < -0.4 is 20.8 Å². The average Bonchev–Trinajstić information content (AvgIpc) is 2.73. The van der Waals surface area contributed by atoms with Gasteiger partial charge < -0.3 is 24.4 Å². The van der Waals surface area contributed by atoms with Crippen LogP contribution in [0.5, 0.6) is 5.75 Å². The van der Waals surface area contributed by atoms with Gasteiger partial charge in [0.2, 0.25) is 0 Å². The van der Waals surface area contributed by atoms with Crippen LogP contribution >= 0.6 is 11.8 Å². The number of rotatable bonds is 8. The number of nitrogens with one attached hydrogen (secondary N) is 1. The van der Waals surface area contributed by atoms with Crippen molar-refractivity contribution in [1.82, 2.24) is 5.32 Å². The molecule has 3 rings (SSSR count). The van der Waals surface area contributed by atoms with Crippen molar-refractivity contribution in [3.05, 3.63) is 39.2 Å². The summed E-state index contributed by atoms with van der Waals surface area (Å²) in [5.74, 6) is -0.866. The Morgan fingerprint density at radius 1 is 1.27 bits per heavy atom. The molecule has 8 heteroatoms. The van der Waals surface area contributed by atoms with Crippen molar-refractivity contribution < 1.29 is 23.8 Å². The first kappa shape index (κ1) is 22.2. The van der Waals surface area contributed by atoms with E-state index in [9.17, 15) is 19.5 Å². The minimum atomic E-state index is -1.32. The maximum absolute atomic E-state index is 12.4. The number of carbonyl (C=O) groups is 2. The number of hydrogen-bond donors (Lipinski definition) is 1. The largest absolute Gasteiger partial charge is 0.548 e. The average molecular weight is 433 g/mol. The Hall–Kier alpha value is -2.48. The molecule has 1 amide bonds. The molecule has 2 aromatic rings. The second kappa shape index (κ2) is 9.55. The molecule has 1 aliphatic rings. The van der Waals surface area contributed by atoms with Crippen molar-refractivity contribution in [3.63, 3.8) is 0 Å². The zero-order valence-electron chi connectivity index (χ0n) is 17.4. The van der Waals surface area contributed by atoms with Gasteiger partial charge in [-0.05, 0) is 75.7 Å². The topological polar surface area (TPSA) is 109 Å². The fourth-order valence-electron chi connectivity index (χ4n) is 3.77. The predicted molar refractivity (Wildman–Crippen MR) is 114 cm³/mol. The van der Waals surface area contributed by atoms with E-state index >= 15 is 0 Å². The first-order valence-electron chi connectivity index (χ1n) is 10.1. The number of carbonyl (C=O) groups excluding carboxylic acids is 2. The zero-order chi connectivity index (χ0) is 21.8. The Balaban J connectivity index is 1.81. The number of benzene rings is 1. The number of aliphatic carboxylic acids is 1. The molecule has 0 spiro atoms. The quantitative estimate of drug-likeness (QED) is 0.633. The van der Waals surface area contributed by atoms with E-state index < -0.39 is 24.0 Å². The third kappa shape index (κ3) is 4.64. The van der Waals surface area contributed by atoms with Crippen LogP contribution in [0, 0.1) is 6.92 Å². The lowest BCUT2D eigenvalue weighted by molar-refractivity contribution is -0.308.